The Morgan fingerprint density at radius 3 is 2.52 bits per heavy atom. The predicted molar refractivity (Wildman–Crippen MR) is 125 cm³/mol. The average molecular weight is 430 g/mol. The molecule has 0 aliphatic carbocycles. The number of aliphatic hydroxyl groups is 1. The maximum Gasteiger partial charge on any atom is 0.136 e. The summed E-state index contributed by atoms with van der Waals surface area (Å²) in [5, 5.41) is 14.7. The molecule has 0 aliphatic rings. The molecule has 1 N–H and O–H groups in total. The monoisotopic (exact) mass is 429 g/mol. The molecule has 0 unspecified atom stereocenters. The van der Waals surface area contributed by atoms with Crippen molar-refractivity contribution in [1.82, 2.24) is 14.5 Å². The van der Waals surface area contributed by atoms with Crippen molar-refractivity contribution in [2.45, 2.75) is 26.2 Å². The number of hydrogen-bond donors (Lipinski definition) is 1. The fourth-order valence-corrected chi connectivity index (χ4v) is 4.46. The van der Waals surface area contributed by atoms with Crippen molar-refractivity contribution < 1.29 is 9.84 Å². The van der Waals surface area contributed by atoms with Crippen LogP contribution in [0.15, 0.2) is 72.2 Å². The Balaban J connectivity index is 1.34. The van der Waals surface area contributed by atoms with Gasteiger partial charge in [-0.05, 0) is 34.9 Å². The van der Waals surface area contributed by atoms with E-state index in [1.165, 1.54) is 10.8 Å². The number of hydrogen-bond acceptors (Lipinski definition) is 5. The minimum Gasteiger partial charge on any atom is -0.396 e. The van der Waals surface area contributed by atoms with Gasteiger partial charge in [-0.15, -0.1) is 11.3 Å². The van der Waals surface area contributed by atoms with Gasteiger partial charge >= 0.3 is 0 Å². The molecule has 3 aromatic carbocycles. The van der Waals surface area contributed by atoms with Gasteiger partial charge in [-0.25, -0.2) is 9.97 Å². The Morgan fingerprint density at radius 2 is 1.77 bits per heavy atom. The van der Waals surface area contributed by atoms with E-state index in [1.807, 2.05) is 23.7 Å². The number of rotatable bonds is 8. The van der Waals surface area contributed by atoms with E-state index < -0.39 is 0 Å². The van der Waals surface area contributed by atoms with Gasteiger partial charge in [0.15, 0.2) is 0 Å². The molecule has 0 atom stereocenters. The first-order valence-electron chi connectivity index (χ1n) is 10.4. The van der Waals surface area contributed by atoms with Crippen LogP contribution in [0.4, 0.5) is 0 Å². The number of ether oxygens (including phenoxy) is 1. The summed E-state index contributed by atoms with van der Waals surface area (Å²) in [5.41, 5.74) is 4.28. The van der Waals surface area contributed by atoms with Crippen molar-refractivity contribution in [3.63, 3.8) is 0 Å². The van der Waals surface area contributed by atoms with Gasteiger partial charge in [0.05, 0.1) is 17.6 Å². The van der Waals surface area contributed by atoms with Gasteiger partial charge in [0, 0.05) is 30.3 Å². The molecule has 0 fully saturated rings. The first kappa shape index (κ1) is 19.9. The molecule has 31 heavy (non-hydrogen) atoms. The van der Waals surface area contributed by atoms with E-state index in [9.17, 15) is 5.11 Å². The van der Waals surface area contributed by atoms with Gasteiger partial charge in [-0.1, -0.05) is 48.5 Å². The molecule has 0 radical (unpaired) electrons. The number of thiazole rings is 1. The Hall–Kier alpha value is -3.06. The van der Waals surface area contributed by atoms with Crippen LogP contribution in [0.2, 0.25) is 0 Å². The number of aliphatic hydroxyl groups excluding tert-OH is 1. The van der Waals surface area contributed by atoms with E-state index >= 15 is 0 Å². The fraction of sp³-hybridized carbons (Fsp3) is 0.200. The highest BCUT2D eigenvalue weighted by Gasteiger charge is 2.12. The van der Waals surface area contributed by atoms with E-state index in [-0.39, 0.29) is 6.61 Å². The lowest BCUT2D eigenvalue weighted by Crippen LogP contribution is -2.07. The molecule has 2 aromatic heterocycles. The van der Waals surface area contributed by atoms with Gasteiger partial charge in [-0.2, -0.15) is 0 Å². The summed E-state index contributed by atoms with van der Waals surface area (Å²) in [4.78, 5) is 9.20. The molecule has 0 bridgehead atoms. The maximum atomic E-state index is 9.35. The highest BCUT2D eigenvalue weighted by atomic mass is 32.1. The van der Waals surface area contributed by atoms with E-state index in [1.54, 1.807) is 11.3 Å². The number of nitrogens with zero attached hydrogens (tertiary/aromatic N) is 3. The Kier molecular flexibility index (Phi) is 5.76. The van der Waals surface area contributed by atoms with Crippen molar-refractivity contribution in [3.05, 3.63) is 83.6 Å². The van der Waals surface area contributed by atoms with E-state index in [2.05, 4.69) is 58.1 Å². The zero-order chi connectivity index (χ0) is 21.0. The summed E-state index contributed by atoms with van der Waals surface area (Å²) in [5.74, 6) is 0.887. The topological polar surface area (TPSA) is 60.2 Å². The van der Waals surface area contributed by atoms with Crippen LogP contribution in [0.1, 0.15) is 17.8 Å². The molecule has 2 heterocycles. The molecular weight excluding hydrogens is 406 g/mol. The Bertz CT molecular complexity index is 1290. The first-order chi connectivity index (χ1) is 15.3. The van der Waals surface area contributed by atoms with Crippen molar-refractivity contribution in [3.8, 4) is 10.6 Å². The summed E-state index contributed by atoms with van der Waals surface area (Å²) in [6.07, 6.45) is 2.51. The molecule has 5 nitrogen and oxygen atoms in total. The van der Waals surface area contributed by atoms with Crippen LogP contribution in [0.3, 0.4) is 0 Å². The number of fused-ring (bicyclic) bond motifs is 2. The van der Waals surface area contributed by atoms with Gasteiger partial charge in [-0.3, -0.25) is 0 Å². The van der Waals surface area contributed by atoms with Crippen LogP contribution in [-0.2, 0) is 24.5 Å². The lowest BCUT2D eigenvalue weighted by molar-refractivity contribution is 0.0993. The van der Waals surface area contributed by atoms with Crippen LogP contribution < -0.4 is 0 Å². The average Bonchev–Trinajstić information content (AvgIpc) is 3.45. The summed E-state index contributed by atoms with van der Waals surface area (Å²) >= 11 is 1.64. The second kappa shape index (κ2) is 8.98. The van der Waals surface area contributed by atoms with Gasteiger partial charge in [0.25, 0.3) is 0 Å². The lowest BCUT2D eigenvalue weighted by Gasteiger charge is -2.10. The SMILES string of the molecule is OCCCn1c(COCc2ccc(-c3nccs3)cc2)nc2cc3ccccc3cc21. The molecule has 0 spiro atoms. The summed E-state index contributed by atoms with van der Waals surface area (Å²) in [7, 11) is 0. The van der Waals surface area contributed by atoms with E-state index in [0.717, 1.165) is 33.0 Å². The lowest BCUT2D eigenvalue weighted by atomic mass is 10.1. The molecule has 0 aliphatic heterocycles. The number of imidazole rings is 1. The third kappa shape index (κ3) is 4.23. The molecular formula is C25H23N3O2S. The molecule has 5 aromatic rings. The van der Waals surface area contributed by atoms with Crippen LogP contribution in [0, 0.1) is 0 Å². The van der Waals surface area contributed by atoms with Crippen molar-refractivity contribution in [2.75, 3.05) is 6.61 Å². The number of aromatic nitrogens is 3. The van der Waals surface area contributed by atoms with Crippen molar-refractivity contribution >= 4 is 33.1 Å². The highest BCUT2D eigenvalue weighted by Crippen LogP contribution is 2.25. The summed E-state index contributed by atoms with van der Waals surface area (Å²) in [6, 6.07) is 20.9. The Morgan fingerprint density at radius 1 is 0.968 bits per heavy atom. The largest absolute Gasteiger partial charge is 0.396 e. The Labute approximate surface area is 184 Å². The van der Waals surface area contributed by atoms with E-state index in [4.69, 9.17) is 9.72 Å². The molecule has 156 valence electrons. The van der Waals surface area contributed by atoms with Crippen molar-refractivity contribution in [1.29, 1.82) is 0 Å². The maximum absolute atomic E-state index is 9.35. The molecule has 5 rings (SSSR count). The minimum atomic E-state index is 0.152. The van der Waals surface area contributed by atoms with Crippen molar-refractivity contribution in [2.24, 2.45) is 0 Å². The molecule has 0 saturated carbocycles. The van der Waals surface area contributed by atoms with Crippen LogP contribution >= 0.6 is 11.3 Å². The quantitative estimate of drug-likeness (QED) is 0.358. The predicted octanol–water partition coefficient (Wildman–Crippen LogP) is 5.41. The zero-order valence-electron chi connectivity index (χ0n) is 17.1. The van der Waals surface area contributed by atoms with Gasteiger partial charge in [0.1, 0.15) is 17.4 Å². The minimum absolute atomic E-state index is 0.152. The molecule has 6 heteroatoms. The second-order valence-corrected chi connectivity index (χ2v) is 8.37. The fourth-order valence-electron chi connectivity index (χ4n) is 3.82. The standard InChI is InChI=1S/C25H23N3O2S/c29-12-3-11-28-23-15-21-5-2-1-4-20(21)14-22(23)27-24(28)17-30-16-18-6-8-19(9-7-18)25-26-10-13-31-25/h1-2,4-10,13-15,29H,3,11-12,16-17H2. The van der Waals surface area contributed by atoms with Gasteiger partial charge in [0.2, 0.25) is 0 Å². The number of benzene rings is 3. The first-order valence-corrected chi connectivity index (χ1v) is 11.2. The third-order valence-corrected chi connectivity index (χ3v) is 6.19. The van der Waals surface area contributed by atoms with Gasteiger partial charge < -0.3 is 14.4 Å². The highest BCUT2D eigenvalue weighted by molar-refractivity contribution is 7.13. The molecule has 0 saturated heterocycles. The third-order valence-electron chi connectivity index (χ3n) is 5.37. The summed E-state index contributed by atoms with van der Waals surface area (Å²) < 4.78 is 8.20. The second-order valence-electron chi connectivity index (χ2n) is 7.47. The van der Waals surface area contributed by atoms with Crippen LogP contribution in [0.25, 0.3) is 32.4 Å². The van der Waals surface area contributed by atoms with Crippen LogP contribution in [-0.4, -0.2) is 26.2 Å². The summed E-state index contributed by atoms with van der Waals surface area (Å²) in [6.45, 7) is 1.81. The van der Waals surface area contributed by atoms with Crippen LogP contribution in [0.5, 0.6) is 0 Å². The normalized spacial score (nSPS) is 11.5. The smallest absolute Gasteiger partial charge is 0.136 e. The zero-order valence-corrected chi connectivity index (χ0v) is 17.9. The molecule has 0 amide bonds. The number of aryl methyl sites for hydroxylation is 1. The van der Waals surface area contributed by atoms with E-state index in [0.29, 0.717) is 26.2 Å².